The number of hydrogen-bond acceptors (Lipinski definition) is 3. The van der Waals surface area contributed by atoms with Gasteiger partial charge >= 0.3 is 0 Å². The summed E-state index contributed by atoms with van der Waals surface area (Å²) in [5, 5.41) is 13.1. The fraction of sp³-hybridized carbons (Fsp3) is 0.571. The number of aromatic amines is 1. The van der Waals surface area contributed by atoms with Gasteiger partial charge in [-0.05, 0) is 13.8 Å². The Morgan fingerprint density at radius 2 is 2.46 bits per heavy atom. The first-order valence-corrected chi connectivity index (χ1v) is 4.91. The smallest absolute Gasteiger partial charge is 0.273 e. The van der Waals surface area contributed by atoms with Crippen LogP contribution in [0.15, 0.2) is 6.20 Å². The van der Waals surface area contributed by atoms with E-state index in [-0.39, 0.29) is 11.4 Å². The lowest BCUT2D eigenvalue weighted by Gasteiger charge is -2.22. The largest absolute Gasteiger partial charge is 0.345 e. The van der Waals surface area contributed by atoms with Crippen LogP contribution in [0.3, 0.4) is 0 Å². The topological polar surface area (TPSA) is 70.7 Å². The zero-order valence-corrected chi connectivity index (χ0v) is 9.05. The predicted molar refractivity (Wildman–Crippen MR) is 51.7 cm³/mol. The predicted octanol–water partition coefficient (Wildman–Crippen LogP) is 0.708. The molecule has 0 aliphatic heterocycles. The van der Waals surface area contributed by atoms with Crippen molar-refractivity contribution in [1.82, 2.24) is 20.7 Å². The maximum atomic E-state index is 11.4. The monoisotopic (exact) mass is 246 g/mol. The number of rotatable bonds is 3. The number of carbonyl (C=O) groups is 1. The molecule has 0 aromatic carbocycles. The third-order valence-electron chi connectivity index (χ3n) is 1.43. The fourth-order valence-corrected chi connectivity index (χ4v) is 0.856. The van der Waals surface area contributed by atoms with Gasteiger partial charge in [-0.15, -0.1) is 0 Å². The first kappa shape index (κ1) is 10.2. The van der Waals surface area contributed by atoms with Crippen molar-refractivity contribution in [2.24, 2.45) is 0 Å². The maximum Gasteiger partial charge on any atom is 0.273 e. The molecule has 0 saturated carbocycles. The first-order chi connectivity index (χ1) is 6.05. The molecular formula is C7H11BrN4O. The summed E-state index contributed by atoms with van der Waals surface area (Å²) in [4.78, 5) is 11.4. The van der Waals surface area contributed by atoms with Crippen LogP contribution in [0.2, 0.25) is 0 Å². The average molecular weight is 247 g/mol. The summed E-state index contributed by atoms with van der Waals surface area (Å²) in [5.74, 6) is -0.224. The molecule has 0 radical (unpaired) electrons. The maximum absolute atomic E-state index is 11.4. The fourth-order valence-electron chi connectivity index (χ4n) is 0.716. The Labute approximate surface area is 84.4 Å². The minimum absolute atomic E-state index is 0.224. The Balaban J connectivity index is 2.61. The SMILES string of the molecule is CC(C)(CBr)NC(=O)c1cn[nH]n1. The van der Waals surface area contributed by atoms with Gasteiger partial charge in [0.2, 0.25) is 0 Å². The average Bonchev–Trinajstić information content (AvgIpc) is 2.55. The van der Waals surface area contributed by atoms with Crippen LogP contribution in [0.1, 0.15) is 24.3 Å². The van der Waals surface area contributed by atoms with Crippen LogP contribution < -0.4 is 5.32 Å². The molecule has 1 rings (SSSR count). The van der Waals surface area contributed by atoms with Crippen LogP contribution in [0.25, 0.3) is 0 Å². The summed E-state index contributed by atoms with van der Waals surface area (Å²) < 4.78 is 0. The lowest BCUT2D eigenvalue weighted by Crippen LogP contribution is -2.44. The van der Waals surface area contributed by atoms with E-state index in [9.17, 15) is 4.79 Å². The molecule has 0 aliphatic carbocycles. The highest BCUT2D eigenvalue weighted by Crippen LogP contribution is 2.06. The van der Waals surface area contributed by atoms with Crippen molar-refractivity contribution in [3.63, 3.8) is 0 Å². The minimum atomic E-state index is -0.282. The van der Waals surface area contributed by atoms with E-state index in [1.165, 1.54) is 6.20 Å². The van der Waals surface area contributed by atoms with Gasteiger partial charge in [0.05, 0.1) is 6.20 Å². The van der Waals surface area contributed by atoms with Gasteiger partial charge in [-0.2, -0.15) is 15.4 Å². The zero-order valence-electron chi connectivity index (χ0n) is 7.47. The van der Waals surface area contributed by atoms with Crippen molar-refractivity contribution in [2.75, 3.05) is 5.33 Å². The van der Waals surface area contributed by atoms with E-state index in [2.05, 4.69) is 36.7 Å². The lowest BCUT2D eigenvalue weighted by atomic mass is 10.1. The van der Waals surface area contributed by atoms with Gasteiger partial charge < -0.3 is 5.32 Å². The summed E-state index contributed by atoms with van der Waals surface area (Å²) in [6, 6.07) is 0. The Kier molecular flexibility index (Phi) is 3.02. The van der Waals surface area contributed by atoms with Gasteiger partial charge in [0.25, 0.3) is 5.91 Å². The number of alkyl halides is 1. The molecule has 0 unspecified atom stereocenters. The molecule has 0 spiro atoms. The van der Waals surface area contributed by atoms with E-state index in [4.69, 9.17) is 0 Å². The Bertz CT molecular complexity index is 283. The van der Waals surface area contributed by atoms with Crippen LogP contribution in [0.4, 0.5) is 0 Å². The zero-order chi connectivity index (χ0) is 9.90. The normalized spacial score (nSPS) is 11.3. The van der Waals surface area contributed by atoms with Gasteiger partial charge in [-0.3, -0.25) is 4.79 Å². The Morgan fingerprint density at radius 3 is 2.92 bits per heavy atom. The molecule has 72 valence electrons. The molecular weight excluding hydrogens is 236 g/mol. The molecule has 1 amide bonds. The molecule has 2 N–H and O–H groups in total. The highest BCUT2D eigenvalue weighted by Gasteiger charge is 2.20. The van der Waals surface area contributed by atoms with Gasteiger partial charge in [0.15, 0.2) is 5.69 Å². The van der Waals surface area contributed by atoms with Crippen molar-refractivity contribution < 1.29 is 4.79 Å². The number of carbonyl (C=O) groups excluding carboxylic acids is 1. The second-order valence-electron chi connectivity index (χ2n) is 3.33. The molecule has 0 bridgehead atoms. The molecule has 5 nitrogen and oxygen atoms in total. The van der Waals surface area contributed by atoms with E-state index in [1.807, 2.05) is 13.8 Å². The number of halogens is 1. The van der Waals surface area contributed by atoms with Gasteiger partial charge in [0, 0.05) is 10.9 Å². The molecule has 13 heavy (non-hydrogen) atoms. The van der Waals surface area contributed by atoms with Crippen molar-refractivity contribution in [2.45, 2.75) is 19.4 Å². The van der Waals surface area contributed by atoms with Crippen LogP contribution >= 0.6 is 15.9 Å². The Morgan fingerprint density at radius 1 is 1.77 bits per heavy atom. The highest BCUT2D eigenvalue weighted by molar-refractivity contribution is 9.09. The number of nitrogens with one attached hydrogen (secondary N) is 2. The third-order valence-corrected chi connectivity index (χ3v) is 2.84. The Hall–Kier alpha value is -0.910. The third kappa shape index (κ3) is 2.80. The summed E-state index contributed by atoms with van der Waals surface area (Å²) in [6.45, 7) is 3.83. The summed E-state index contributed by atoms with van der Waals surface area (Å²) in [6.07, 6.45) is 1.39. The standard InChI is InChI=1S/C7H11BrN4O/c1-7(2,4-8)10-6(13)5-3-9-12-11-5/h3H,4H2,1-2H3,(H,10,13)(H,9,11,12). The van der Waals surface area contributed by atoms with E-state index in [1.54, 1.807) is 0 Å². The molecule has 0 atom stereocenters. The van der Waals surface area contributed by atoms with Crippen molar-refractivity contribution >= 4 is 21.8 Å². The van der Waals surface area contributed by atoms with Crippen molar-refractivity contribution in [1.29, 1.82) is 0 Å². The second-order valence-corrected chi connectivity index (χ2v) is 3.89. The number of nitrogens with zero attached hydrogens (tertiary/aromatic N) is 2. The molecule has 0 saturated heterocycles. The number of hydrogen-bond donors (Lipinski definition) is 2. The minimum Gasteiger partial charge on any atom is -0.345 e. The first-order valence-electron chi connectivity index (χ1n) is 3.79. The van der Waals surface area contributed by atoms with Crippen molar-refractivity contribution in [3.05, 3.63) is 11.9 Å². The van der Waals surface area contributed by atoms with Crippen LogP contribution in [0.5, 0.6) is 0 Å². The number of H-pyrrole nitrogens is 1. The summed E-state index contributed by atoms with van der Waals surface area (Å²) in [5.41, 5.74) is 0.0183. The number of amides is 1. The molecule has 0 aliphatic rings. The van der Waals surface area contributed by atoms with Gasteiger partial charge in [-0.1, -0.05) is 15.9 Å². The van der Waals surface area contributed by atoms with Crippen LogP contribution in [-0.2, 0) is 0 Å². The molecule has 6 heteroatoms. The van der Waals surface area contributed by atoms with E-state index in [0.29, 0.717) is 11.0 Å². The quantitative estimate of drug-likeness (QED) is 0.772. The summed E-state index contributed by atoms with van der Waals surface area (Å²) >= 11 is 3.30. The van der Waals surface area contributed by atoms with E-state index < -0.39 is 0 Å². The molecule has 1 heterocycles. The second kappa shape index (κ2) is 3.87. The van der Waals surface area contributed by atoms with Gasteiger partial charge in [0.1, 0.15) is 0 Å². The molecule has 0 fully saturated rings. The van der Waals surface area contributed by atoms with Crippen LogP contribution in [-0.4, -0.2) is 32.2 Å². The van der Waals surface area contributed by atoms with Crippen LogP contribution in [0, 0.1) is 0 Å². The van der Waals surface area contributed by atoms with Gasteiger partial charge in [-0.25, -0.2) is 0 Å². The van der Waals surface area contributed by atoms with E-state index >= 15 is 0 Å². The lowest BCUT2D eigenvalue weighted by molar-refractivity contribution is 0.0916. The molecule has 1 aromatic heterocycles. The highest BCUT2D eigenvalue weighted by atomic mass is 79.9. The molecule has 1 aromatic rings. The van der Waals surface area contributed by atoms with E-state index in [0.717, 1.165) is 0 Å². The van der Waals surface area contributed by atoms with Crippen molar-refractivity contribution in [3.8, 4) is 0 Å². The summed E-state index contributed by atoms with van der Waals surface area (Å²) in [7, 11) is 0. The number of aromatic nitrogens is 3.